The maximum absolute atomic E-state index is 12.3. The van der Waals surface area contributed by atoms with Gasteiger partial charge >= 0.3 is 0 Å². The van der Waals surface area contributed by atoms with Gasteiger partial charge in [0.2, 0.25) is 15.9 Å². The molecule has 0 radical (unpaired) electrons. The zero-order valence-corrected chi connectivity index (χ0v) is 18.9. The molecule has 9 heteroatoms. The van der Waals surface area contributed by atoms with E-state index >= 15 is 0 Å². The highest BCUT2D eigenvalue weighted by molar-refractivity contribution is 7.92. The molecular weight excluding hydrogens is 424 g/mol. The smallest absolute Gasteiger partial charge is 0.240 e. The summed E-state index contributed by atoms with van der Waals surface area (Å²) >= 11 is 0. The van der Waals surface area contributed by atoms with E-state index in [-0.39, 0.29) is 9.79 Å². The van der Waals surface area contributed by atoms with Gasteiger partial charge in [0.15, 0.2) is 9.84 Å². The molecule has 2 aromatic carbocycles. The van der Waals surface area contributed by atoms with Crippen LogP contribution < -0.4 is 10.0 Å². The molecule has 0 unspecified atom stereocenters. The van der Waals surface area contributed by atoms with Crippen LogP contribution in [0.15, 0.2) is 58.3 Å². The largest absolute Gasteiger partial charge is 0.325 e. The Morgan fingerprint density at radius 1 is 0.833 bits per heavy atom. The fraction of sp³-hybridized carbons (Fsp3) is 0.381. The van der Waals surface area contributed by atoms with Crippen LogP contribution in [0, 0.1) is 6.92 Å². The highest BCUT2D eigenvalue weighted by atomic mass is 32.2. The molecule has 2 N–H and O–H groups in total. The van der Waals surface area contributed by atoms with E-state index in [2.05, 4.69) is 17.0 Å². The van der Waals surface area contributed by atoms with Gasteiger partial charge < -0.3 is 5.32 Å². The molecule has 0 aliphatic heterocycles. The number of nitrogens with one attached hydrogen (secondary N) is 2. The third kappa shape index (κ3) is 7.23. The van der Waals surface area contributed by atoms with Crippen molar-refractivity contribution in [2.24, 2.45) is 0 Å². The summed E-state index contributed by atoms with van der Waals surface area (Å²) in [6, 6.07) is 11.9. The molecule has 0 spiro atoms. The third-order valence-electron chi connectivity index (χ3n) is 4.47. The molecule has 30 heavy (non-hydrogen) atoms. The van der Waals surface area contributed by atoms with Gasteiger partial charge in [0.25, 0.3) is 0 Å². The lowest BCUT2D eigenvalue weighted by atomic mass is 10.2. The second kappa shape index (κ2) is 10.7. The van der Waals surface area contributed by atoms with Crippen molar-refractivity contribution in [2.45, 2.75) is 49.3 Å². The molecule has 2 rings (SSSR count). The van der Waals surface area contributed by atoms with Crippen LogP contribution in [-0.4, -0.2) is 35.0 Å². The number of carbonyl (C=O) groups is 1. The molecule has 0 saturated heterocycles. The van der Waals surface area contributed by atoms with Crippen LogP contribution in [0.1, 0.15) is 38.2 Å². The summed E-state index contributed by atoms with van der Waals surface area (Å²) in [4.78, 5) is 12.3. The summed E-state index contributed by atoms with van der Waals surface area (Å²) in [7, 11) is -7.38. The summed E-state index contributed by atoms with van der Waals surface area (Å²) in [5, 5.41) is 2.49. The molecule has 0 heterocycles. The van der Waals surface area contributed by atoms with Gasteiger partial charge in [-0.05, 0) is 49.7 Å². The number of hydrogen-bond donors (Lipinski definition) is 2. The van der Waals surface area contributed by atoms with E-state index in [1.54, 1.807) is 12.1 Å². The third-order valence-corrected chi connectivity index (χ3v) is 7.58. The molecule has 7 nitrogen and oxygen atoms in total. The Morgan fingerprint density at radius 3 is 2.03 bits per heavy atom. The van der Waals surface area contributed by atoms with E-state index < -0.39 is 31.5 Å². The Morgan fingerprint density at radius 2 is 1.43 bits per heavy atom. The number of hydrogen-bond acceptors (Lipinski definition) is 5. The number of aryl methyl sites for hydroxylation is 1. The maximum atomic E-state index is 12.3. The normalized spacial score (nSPS) is 11.9. The van der Waals surface area contributed by atoms with Crippen molar-refractivity contribution >= 4 is 31.5 Å². The minimum atomic E-state index is -3.76. The van der Waals surface area contributed by atoms with Gasteiger partial charge in [0.1, 0.15) is 5.75 Å². The first kappa shape index (κ1) is 24.0. The summed E-state index contributed by atoms with van der Waals surface area (Å²) in [6.45, 7) is 4.30. The standard InChI is InChI=1S/C21H28N2O5S2/c1-3-4-5-6-15-22-30(27,28)20-13-9-18(10-14-20)23-21(24)16-29(25,26)19-11-7-17(2)8-12-19/h7-14,22H,3-6,15-16H2,1-2H3,(H,23,24). The van der Waals surface area contributed by atoms with Crippen LogP contribution in [0.2, 0.25) is 0 Å². The van der Waals surface area contributed by atoms with Crippen LogP contribution >= 0.6 is 0 Å². The van der Waals surface area contributed by atoms with Gasteiger partial charge in [0.05, 0.1) is 9.79 Å². The van der Waals surface area contributed by atoms with Gasteiger partial charge in [-0.1, -0.05) is 43.9 Å². The Kier molecular flexibility index (Phi) is 8.57. The predicted molar refractivity (Wildman–Crippen MR) is 118 cm³/mol. The number of unbranched alkanes of at least 4 members (excludes halogenated alkanes) is 3. The van der Waals surface area contributed by atoms with Crippen molar-refractivity contribution in [3.05, 3.63) is 54.1 Å². The average molecular weight is 453 g/mol. The SMILES string of the molecule is CCCCCCNS(=O)(=O)c1ccc(NC(=O)CS(=O)(=O)c2ccc(C)cc2)cc1. The number of rotatable bonds is 11. The van der Waals surface area contributed by atoms with Crippen molar-refractivity contribution in [1.82, 2.24) is 4.72 Å². The Hall–Kier alpha value is -2.23. The highest BCUT2D eigenvalue weighted by Gasteiger charge is 2.20. The predicted octanol–water partition coefficient (Wildman–Crippen LogP) is 3.27. The van der Waals surface area contributed by atoms with E-state index in [0.29, 0.717) is 12.2 Å². The molecule has 0 saturated carbocycles. The number of amides is 1. The van der Waals surface area contributed by atoms with Crippen molar-refractivity contribution in [3.63, 3.8) is 0 Å². The van der Waals surface area contributed by atoms with Crippen molar-refractivity contribution < 1.29 is 21.6 Å². The lowest BCUT2D eigenvalue weighted by Gasteiger charge is -2.09. The number of sulfonamides is 1. The molecule has 0 fully saturated rings. The molecule has 0 atom stereocenters. The van der Waals surface area contributed by atoms with Crippen molar-refractivity contribution in [1.29, 1.82) is 0 Å². The van der Waals surface area contributed by atoms with Crippen LogP contribution in [0.4, 0.5) is 5.69 Å². The molecule has 1 amide bonds. The highest BCUT2D eigenvalue weighted by Crippen LogP contribution is 2.16. The first-order valence-corrected chi connectivity index (χ1v) is 13.0. The number of sulfone groups is 1. The molecule has 0 bridgehead atoms. The van der Waals surface area contributed by atoms with E-state index in [9.17, 15) is 21.6 Å². The van der Waals surface area contributed by atoms with E-state index in [4.69, 9.17) is 0 Å². The number of benzene rings is 2. The molecule has 0 aliphatic rings. The van der Waals surface area contributed by atoms with Crippen LogP contribution in [0.5, 0.6) is 0 Å². The Labute approximate surface area is 178 Å². The first-order chi connectivity index (χ1) is 14.1. The van der Waals surface area contributed by atoms with E-state index in [1.807, 2.05) is 6.92 Å². The van der Waals surface area contributed by atoms with Crippen LogP contribution in [0.25, 0.3) is 0 Å². The molecule has 164 valence electrons. The summed E-state index contributed by atoms with van der Waals surface area (Å²) < 4.78 is 51.8. The summed E-state index contributed by atoms with van der Waals surface area (Å²) in [5.74, 6) is -1.39. The zero-order chi connectivity index (χ0) is 22.2. The van der Waals surface area contributed by atoms with Gasteiger partial charge in [-0.15, -0.1) is 0 Å². The van der Waals surface area contributed by atoms with Gasteiger partial charge in [-0.2, -0.15) is 0 Å². The van der Waals surface area contributed by atoms with Crippen LogP contribution in [-0.2, 0) is 24.7 Å². The van der Waals surface area contributed by atoms with E-state index in [1.165, 1.54) is 36.4 Å². The molecular formula is C21H28N2O5S2. The Bertz CT molecular complexity index is 1050. The van der Waals surface area contributed by atoms with Gasteiger partial charge in [0, 0.05) is 12.2 Å². The fourth-order valence-electron chi connectivity index (χ4n) is 2.76. The summed E-state index contributed by atoms with van der Waals surface area (Å²) in [6.07, 6.45) is 3.88. The van der Waals surface area contributed by atoms with Crippen molar-refractivity contribution in [3.8, 4) is 0 Å². The zero-order valence-electron chi connectivity index (χ0n) is 17.2. The minimum absolute atomic E-state index is 0.0784. The molecule has 2 aromatic rings. The van der Waals surface area contributed by atoms with Gasteiger partial charge in [-0.25, -0.2) is 21.6 Å². The first-order valence-electron chi connectivity index (χ1n) is 9.83. The lowest BCUT2D eigenvalue weighted by molar-refractivity contribution is -0.113. The van der Waals surface area contributed by atoms with Crippen LogP contribution in [0.3, 0.4) is 0 Å². The average Bonchev–Trinajstić information content (AvgIpc) is 2.68. The van der Waals surface area contributed by atoms with Gasteiger partial charge in [-0.3, -0.25) is 4.79 Å². The Balaban J connectivity index is 1.94. The lowest BCUT2D eigenvalue weighted by Crippen LogP contribution is -2.25. The fourth-order valence-corrected chi connectivity index (χ4v) is 4.97. The molecule has 0 aromatic heterocycles. The topological polar surface area (TPSA) is 109 Å². The summed E-state index contributed by atoms with van der Waals surface area (Å²) in [5.41, 5.74) is 1.24. The second-order valence-corrected chi connectivity index (χ2v) is 10.9. The molecule has 0 aliphatic carbocycles. The monoisotopic (exact) mass is 452 g/mol. The second-order valence-electron chi connectivity index (χ2n) is 7.10. The number of carbonyl (C=O) groups excluding carboxylic acids is 1. The quantitative estimate of drug-likeness (QED) is 0.509. The minimum Gasteiger partial charge on any atom is -0.325 e. The van der Waals surface area contributed by atoms with Crippen molar-refractivity contribution in [2.75, 3.05) is 17.6 Å². The maximum Gasteiger partial charge on any atom is 0.240 e. The number of anilines is 1. The van der Waals surface area contributed by atoms with E-state index in [0.717, 1.165) is 31.2 Å².